The quantitative estimate of drug-likeness (QED) is 0.942. The van der Waals surface area contributed by atoms with E-state index in [-0.39, 0.29) is 6.04 Å². The largest absolute Gasteiger partial charge is 0.496 e. The minimum atomic E-state index is 0.0324. The summed E-state index contributed by atoms with van der Waals surface area (Å²) in [5, 5.41) is 3.58. The van der Waals surface area contributed by atoms with E-state index in [2.05, 4.69) is 11.4 Å². The Labute approximate surface area is 131 Å². The van der Waals surface area contributed by atoms with Gasteiger partial charge in [0.15, 0.2) is 0 Å². The summed E-state index contributed by atoms with van der Waals surface area (Å²) in [6.45, 7) is 0.888. The van der Waals surface area contributed by atoms with Crippen molar-refractivity contribution in [1.29, 1.82) is 0 Å². The lowest BCUT2D eigenvalue weighted by molar-refractivity contribution is 0.372. The first-order valence-corrected chi connectivity index (χ1v) is 7.40. The van der Waals surface area contributed by atoms with Gasteiger partial charge >= 0.3 is 0 Å². The summed E-state index contributed by atoms with van der Waals surface area (Å²) in [6, 6.07) is 12.1. The molecule has 2 aromatic carbocycles. The SMILES string of the molecule is COc1cccc2c1CCNC2c1c(OC)cccc1OC. The van der Waals surface area contributed by atoms with Gasteiger partial charge in [0.25, 0.3) is 0 Å². The molecule has 4 nitrogen and oxygen atoms in total. The van der Waals surface area contributed by atoms with Crippen LogP contribution in [0.15, 0.2) is 36.4 Å². The van der Waals surface area contributed by atoms with E-state index in [0.717, 1.165) is 35.8 Å². The molecule has 116 valence electrons. The Hall–Kier alpha value is -2.20. The van der Waals surface area contributed by atoms with Crippen molar-refractivity contribution in [1.82, 2.24) is 5.32 Å². The summed E-state index contributed by atoms with van der Waals surface area (Å²) in [6.07, 6.45) is 0.952. The second-order valence-electron chi connectivity index (χ2n) is 5.24. The van der Waals surface area contributed by atoms with E-state index in [1.165, 1.54) is 11.1 Å². The molecule has 0 fully saturated rings. The van der Waals surface area contributed by atoms with Crippen LogP contribution in [-0.2, 0) is 6.42 Å². The van der Waals surface area contributed by atoms with Crippen LogP contribution in [0, 0.1) is 0 Å². The van der Waals surface area contributed by atoms with Crippen molar-refractivity contribution in [3.8, 4) is 17.2 Å². The molecule has 22 heavy (non-hydrogen) atoms. The normalized spacial score (nSPS) is 16.8. The zero-order chi connectivity index (χ0) is 15.5. The van der Waals surface area contributed by atoms with Crippen LogP contribution in [0.4, 0.5) is 0 Å². The molecule has 1 aliphatic rings. The van der Waals surface area contributed by atoms with Crippen LogP contribution in [0.5, 0.6) is 17.2 Å². The molecular formula is C18H21NO3. The van der Waals surface area contributed by atoms with Gasteiger partial charge in [-0.1, -0.05) is 18.2 Å². The first-order chi connectivity index (χ1) is 10.8. The zero-order valence-corrected chi connectivity index (χ0v) is 13.2. The Morgan fingerprint density at radius 1 is 0.864 bits per heavy atom. The molecule has 1 N–H and O–H groups in total. The molecule has 3 rings (SSSR count). The van der Waals surface area contributed by atoms with Gasteiger partial charge in [-0.05, 0) is 30.2 Å². The second kappa shape index (κ2) is 6.28. The average Bonchev–Trinajstić information content (AvgIpc) is 2.59. The zero-order valence-electron chi connectivity index (χ0n) is 13.2. The summed E-state index contributed by atoms with van der Waals surface area (Å²) in [7, 11) is 5.09. The molecule has 0 saturated carbocycles. The highest BCUT2D eigenvalue weighted by atomic mass is 16.5. The number of methoxy groups -OCH3 is 3. The van der Waals surface area contributed by atoms with E-state index >= 15 is 0 Å². The van der Waals surface area contributed by atoms with Gasteiger partial charge in [0.2, 0.25) is 0 Å². The van der Waals surface area contributed by atoms with Crippen LogP contribution in [0.3, 0.4) is 0 Å². The number of fused-ring (bicyclic) bond motifs is 1. The van der Waals surface area contributed by atoms with Gasteiger partial charge in [0.05, 0.1) is 32.9 Å². The average molecular weight is 299 g/mol. The Bertz CT molecular complexity index is 647. The predicted octanol–water partition coefficient (Wildman–Crippen LogP) is 2.95. The Morgan fingerprint density at radius 3 is 2.09 bits per heavy atom. The molecule has 2 aromatic rings. The van der Waals surface area contributed by atoms with Gasteiger partial charge in [-0.15, -0.1) is 0 Å². The Balaban J connectivity index is 2.16. The number of hydrogen-bond donors (Lipinski definition) is 1. The fourth-order valence-electron chi connectivity index (χ4n) is 3.19. The van der Waals surface area contributed by atoms with Gasteiger partial charge < -0.3 is 19.5 Å². The van der Waals surface area contributed by atoms with Crippen LogP contribution in [-0.4, -0.2) is 27.9 Å². The van der Waals surface area contributed by atoms with Crippen molar-refractivity contribution >= 4 is 0 Å². The molecule has 1 unspecified atom stereocenters. The van der Waals surface area contributed by atoms with Gasteiger partial charge in [-0.3, -0.25) is 0 Å². The van der Waals surface area contributed by atoms with Crippen molar-refractivity contribution in [2.24, 2.45) is 0 Å². The standard InChI is InChI=1S/C18H21NO3/c1-20-14-7-4-6-13-12(14)10-11-19-18(13)17-15(21-2)8-5-9-16(17)22-3/h4-9,18-19H,10-11H2,1-3H3. The summed E-state index contributed by atoms with van der Waals surface area (Å²) >= 11 is 0. The van der Waals surface area contributed by atoms with Crippen LogP contribution < -0.4 is 19.5 Å². The highest BCUT2D eigenvalue weighted by Crippen LogP contribution is 2.41. The van der Waals surface area contributed by atoms with E-state index < -0.39 is 0 Å². The van der Waals surface area contributed by atoms with Crippen molar-refractivity contribution in [3.63, 3.8) is 0 Å². The molecule has 1 aliphatic heterocycles. The molecule has 0 saturated heterocycles. The molecule has 0 spiro atoms. The molecule has 4 heteroatoms. The summed E-state index contributed by atoms with van der Waals surface area (Å²) in [5.74, 6) is 2.60. The number of ether oxygens (including phenoxy) is 3. The van der Waals surface area contributed by atoms with Crippen LogP contribution >= 0.6 is 0 Å². The first kappa shape index (κ1) is 14.7. The van der Waals surface area contributed by atoms with Gasteiger partial charge in [-0.25, -0.2) is 0 Å². The van der Waals surface area contributed by atoms with Gasteiger partial charge in [0.1, 0.15) is 17.2 Å². The smallest absolute Gasteiger partial charge is 0.127 e. The third-order valence-electron chi connectivity index (χ3n) is 4.18. The topological polar surface area (TPSA) is 39.7 Å². The van der Waals surface area contributed by atoms with E-state index in [1.807, 2.05) is 30.3 Å². The molecule has 0 amide bonds. The molecular weight excluding hydrogens is 278 g/mol. The van der Waals surface area contributed by atoms with Crippen LogP contribution in [0.25, 0.3) is 0 Å². The fraction of sp³-hybridized carbons (Fsp3) is 0.333. The van der Waals surface area contributed by atoms with E-state index in [9.17, 15) is 0 Å². The minimum Gasteiger partial charge on any atom is -0.496 e. The maximum atomic E-state index is 5.56. The fourth-order valence-corrected chi connectivity index (χ4v) is 3.19. The number of rotatable bonds is 4. The lowest BCUT2D eigenvalue weighted by Crippen LogP contribution is -2.31. The maximum Gasteiger partial charge on any atom is 0.127 e. The van der Waals surface area contributed by atoms with Crippen LogP contribution in [0.1, 0.15) is 22.7 Å². The van der Waals surface area contributed by atoms with Crippen molar-refractivity contribution in [2.45, 2.75) is 12.5 Å². The maximum absolute atomic E-state index is 5.56. The predicted molar refractivity (Wildman–Crippen MR) is 86.1 cm³/mol. The third-order valence-corrected chi connectivity index (χ3v) is 4.18. The third kappa shape index (κ3) is 2.40. The van der Waals surface area contributed by atoms with E-state index in [0.29, 0.717) is 0 Å². The van der Waals surface area contributed by atoms with Crippen molar-refractivity contribution in [2.75, 3.05) is 27.9 Å². The van der Waals surface area contributed by atoms with Crippen molar-refractivity contribution in [3.05, 3.63) is 53.1 Å². The summed E-state index contributed by atoms with van der Waals surface area (Å²) in [5.41, 5.74) is 3.50. The Morgan fingerprint density at radius 2 is 1.45 bits per heavy atom. The number of nitrogens with one attached hydrogen (secondary N) is 1. The second-order valence-corrected chi connectivity index (χ2v) is 5.24. The highest BCUT2D eigenvalue weighted by molar-refractivity contribution is 5.54. The van der Waals surface area contributed by atoms with Crippen molar-refractivity contribution < 1.29 is 14.2 Å². The van der Waals surface area contributed by atoms with Gasteiger partial charge in [0, 0.05) is 12.1 Å². The summed E-state index contributed by atoms with van der Waals surface area (Å²) in [4.78, 5) is 0. The molecule has 1 heterocycles. The Kier molecular flexibility index (Phi) is 4.20. The summed E-state index contributed by atoms with van der Waals surface area (Å²) < 4.78 is 16.6. The van der Waals surface area contributed by atoms with Gasteiger partial charge in [-0.2, -0.15) is 0 Å². The first-order valence-electron chi connectivity index (χ1n) is 7.40. The lowest BCUT2D eigenvalue weighted by Gasteiger charge is -2.30. The number of benzene rings is 2. The molecule has 0 radical (unpaired) electrons. The highest BCUT2D eigenvalue weighted by Gasteiger charge is 2.28. The molecule has 0 aromatic heterocycles. The lowest BCUT2D eigenvalue weighted by atomic mass is 9.88. The molecule has 0 bridgehead atoms. The van der Waals surface area contributed by atoms with Crippen LogP contribution in [0.2, 0.25) is 0 Å². The molecule has 0 aliphatic carbocycles. The van der Waals surface area contributed by atoms with E-state index in [4.69, 9.17) is 14.2 Å². The van der Waals surface area contributed by atoms with E-state index in [1.54, 1.807) is 21.3 Å². The minimum absolute atomic E-state index is 0.0324. The number of hydrogen-bond acceptors (Lipinski definition) is 4. The monoisotopic (exact) mass is 299 g/mol. The molecule has 1 atom stereocenters.